The standard InChI is InChI=1S/C24H27N3O6.C4H10/c1-32-21(29)10-5-3-2-4-6-13-33-20-9-7-8-16-22(20)25-27-12-11-26-15-17(24(30)31)19(28)14-18(26)23(16)27;1-4(2)3/h7-9,14-15H,2-6,10-13H2,1H3,(H,30,31);4H,1-3H3. The number of carboxylic acids is 1. The number of benzene rings is 1. The fourth-order valence-electron chi connectivity index (χ4n) is 4.19. The van der Waals surface area contributed by atoms with Crippen LogP contribution in [-0.4, -0.2) is 45.1 Å². The molecule has 3 aromatic rings. The Kier molecular flexibility index (Phi) is 9.88. The minimum atomic E-state index is -1.22. The van der Waals surface area contributed by atoms with Gasteiger partial charge in [0.25, 0.3) is 0 Å². The van der Waals surface area contributed by atoms with Gasteiger partial charge in [0.2, 0.25) is 0 Å². The van der Waals surface area contributed by atoms with Crippen molar-refractivity contribution in [3.05, 3.63) is 46.2 Å². The van der Waals surface area contributed by atoms with Crippen molar-refractivity contribution in [1.29, 1.82) is 0 Å². The summed E-state index contributed by atoms with van der Waals surface area (Å²) >= 11 is 0. The number of aromatic carboxylic acids is 1. The van der Waals surface area contributed by atoms with Crippen molar-refractivity contribution < 1.29 is 24.2 Å². The van der Waals surface area contributed by atoms with Crippen molar-refractivity contribution in [2.75, 3.05) is 13.7 Å². The Labute approximate surface area is 217 Å². The van der Waals surface area contributed by atoms with Crippen LogP contribution in [-0.2, 0) is 22.6 Å². The molecule has 2 aromatic heterocycles. The molecule has 1 N–H and O–H groups in total. The monoisotopic (exact) mass is 511 g/mol. The number of carbonyl (C=O) groups excluding carboxylic acids is 1. The highest BCUT2D eigenvalue weighted by atomic mass is 16.5. The molecule has 0 aliphatic carbocycles. The first kappa shape index (κ1) is 28.0. The summed E-state index contributed by atoms with van der Waals surface area (Å²) in [5.74, 6) is 0.138. The highest BCUT2D eigenvalue weighted by Crippen LogP contribution is 2.35. The van der Waals surface area contributed by atoms with Gasteiger partial charge in [-0.25, -0.2) is 4.79 Å². The summed E-state index contributed by atoms with van der Waals surface area (Å²) in [6.45, 7) is 8.17. The van der Waals surface area contributed by atoms with Crippen LogP contribution in [0.25, 0.3) is 22.3 Å². The first-order valence-electron chi connectivity index (χ1n) is 12.9. The number of nitrogens with zero attached hydrogens (tertiary/aromatic N) is 3. The molecular weight excluding hydrogens is 474 g/mol. The first-order valence-corrected chi connectivity index (χ1v) is 12.9. The smallest absolute Gasteiger partial charge is 0.341 e. The lowest BCUT2D eigenvalue weighted by atomic mass is 10.1. The number of hydrogen-bond acceptors (Lipinski definition) is 6. The summed E-state index contributed by atoms with van der Waals surface area (Å²) in [5, 5.41) is 14.8. The third kappa shape index (κ3) is 7.21. The molecule has 0 spiro atoms. The molecule has 3 heterocycles. The summed E-state index contributed by atoms with van der Waals surface area (Å²) in [7, 11) is 1.41. The molecule has 37 heavy (non-hydrogen) atoms. The van der Waals surface area contributed by atoms with Gasteiger partial charge in [0.15, 0.2) is 5.43 Å². The number of aryl methyl sites for hydroxylation is 2. The Morgan fingerprint density at radius 3 is 2.49 bits per heavy atom. The highest BCUT2D eigenvalue weighted by molar-refractivity contribution is 5.96. The average Bonchev–Trinajstić information content (AvgIpc) is 3.24. The summed E-state index contributed by atoms with van der Waals surface area (Å²) < 4.78 is 14.3. The molecule has 0 fully saturated rings. The molecule has 9 nitrogen and oxygen atoms in total. The number of fused-ring (bicyclic) bond motifs is 5. The predicted molar refractivity (Wildman–Crippen MR) is 142 cm³/mol. The minimum absolute atomic E-state index is 0.163. The average molecular weight is 512 g/mol. The van der Waals surface area contributed by atoms with Crippen molar-refractivity contribution in [3.8, 4) is 17.1 Å². The molecule has 0 atom stereocenters. The molecule has 0 saturated carbocycles. The van der Waals surface area contributed by atoms with E-state index in [1.165, 1.54) is 19.4 Å². The van der Waals surface area contributed by atoms with Gasteiger partial charge in [0.1, 0.15) is 16.8 Å². The van der Waals surface area contributed by atoms with Crippen LogP contribution >= 0.6 is 0 Å². The van der Waals surface area contributed by atoms with Crippen LogP contribution in [0.2, 0.25) is 0 Å². The third-order valence-electron chi connectivity index (χ3n) is 5.90. The summed E-state index contributed by atoms with van der Waals surface area (Å²) in [6, 6.07) is 7.10. The number of aromatic nitrogens is 3. The SMILES string of the molecule is CC(C)C.COC(=O)CCCCCCCOc1cccc2c3n(nc12)CCn1cc(C(=O)O)c(=O)cc1-3. The molecule has 200 valence electrons. The van der Waals surface area contributed by atoms with E-state index >= 15 is 0 Å². The van der Waals surface area contributed by atoms with Gasteiger partial charge in [-0.3, -0.25) is 14.3 Å². The van der Waals surface area contributed by atoms with E-state index in [1.807, 2.05) is 22.9 Å². The van der Waals surface area contributed by atoms with Crippen LogP contribution in [0, 0.1) is 5.92 Å². The van der Waals surface area contributed by atoms with Crippen molar-refractivity contribution in [3.63, 3.8) is 0 Å². The number of methoxy groups -OCH3 is 1. The van der Waals surface area contributed by atoms with Gasteiger partial charge in [-0.15, -0.1) is 0 Å². The fraction of sp³-hybridized carbons (Fsp3) is 0.500. The van der Waals surface area contributed by atoms with Gasteiger partial charge in [-0.2, -0.15) is 5.10 Å². The summed E-state index contributed by atoms with van der Waals surface area (Å²) in [4.78, 5) is 34.8. The zero-order chi connectivity index (χ0) is 26.9. The maximum Gasteiger partial charge on any atom is 0.341 e. The van der Waals surface area contributed by atoms with Crippen molar-refractivity contribution >= 4 is 22.8 Å². The number of carboxylic acid groups (broad SMARTS) is 1. The Morgan fingerprint density at radius 2 is 1.78 bits per heavy atom. The molecule has 0 amide bonds. The number of rotatable bonds is 10. The summed E-state index contributed by atoms with van der Waals surface area (Å²) in [5.41, 5.74) is 1.43. The van der Waals surface area contributed by atoms with Gasteiger partial charge < -0.3 is 19.1 Å². The topological polar surface area (TPSA) is 113 Å². The lowest BCUT2D eigenvalue weighted by molar-refractivity contribution is -0.140. The van der Waals surface area contributed by atoms with Crippen LogP contribution in [0.4, 0.5) is 0 Å². The van der Waals surface area contributed by atoms with E-state index in [1.54, 1.807) is 4.57 Å². The second kappa shape index (κ2) is 13.1. The van der Waals surface area contributed by atoms with E-state index in [9.17, 15) is 19.5 Å². The number of ether oxygens (including phenoxy) is 2. The highest BCUT2D eigenvalue weighted by Gasteiger charge is 2.24. The molecule has 0 bridgehead atoms. The second-order valence-corrected chi connectivity index (χ2v) is 9.83. The second-order valence-electron chi connectivity index (χ2n) is 9.83. The number of unbranched alkanes of at least 4 members (excludes halogenated alkanes) is 4. The molecular formula is C28H37N3O6. The zero-order valence-corrected chi connectivity index (χ0v) is 22.2. The quantitative estimate of drug-likeness (QED) is 0.296. The number of pyridine rings is 1. The largest absolute Gasteiger partial charge is 0.491 e. The molecule has 0 unspecified atom stereocenters. The molecule has 4 rings (SSSR count). The van der Waals surface area contributed by atoms with Crippen LogP contribution < -0.4 is 10.2 Å². The summed E-state index contributed by atoms with van der Waals surface area (Å²) in [6.07, 6.45) is 6.65. The van der Waals surface area contributed by atoms with Crippen LogP contribution in [0.3, 0.4) is 0 Å². The third-order valence-corrected chi connectivity index (χ3v) is 5.90. The van der Waals surface area contributed by atoms with E-state index < -0.39 is 11.4 Å². The Bertz CT molecular complexity index is 1290. The van der Waals surface area contributed by atoms with Gasteiger partial charge in [-0.05, 0) is 24.8 Å². The first-order chi connectivity index (χ1) is 17.7. The van der Waals surface area contributed by atoms with Gasteiger partial charge >= 0.3 is 11.9 Å². The fourth-order valence-corrected chi connectivity index (χ4v) is 4.19. The number of carbonyl (C=O) groups is 2. The van der Waals surface area contributed by atoms with Crippen molar-refractivity contribution in [1.82, 2.24) is 14.3 Å². The van der Waals surface area contributed by atoms with E-state index in [2.05, 4.69) is 25.5 Å². The Balaban J connectivity index is 0.000000886. The Morgan fingerprint density at radius 1 is 1.08 bits per heavy atom. The molecule has 1 aromatic carbocycles. The van der Waals surface area contributed by atoms with Crippen LogP contribution in [0.1, 0.15) is 69.7 Å². The van der Waals surface area contributed by atoms with Gasteiger partial charge in [0, 0.05) is 30.6 Å². The Hall–Kier alpha value is -3.62. The molecule has 0 radical (unpaired) electrons. The normalized spacial score (nSPS) is 11.9. The van der Waals surface area contributed by atoms with Crippen LogP contribution in [0.15, 0.2) is 35.3 Å². The lowest BCUT2D eigenvalue weighted by Gasteiger charge is -2.21. The van der Waals surface area contributed by atoms with E-state index in [0.29, 0.717) is 37.6 Å². The van der Waals surface area contributed by atoms with Crippen molar-refractivity contribution in [2.24, 2.45) is 5.92 Å². The molecule has 1 aliphatic heterocycles. The van der Waals surface area contributed by atoms with E-state index in [-0.39, 0.29) is 11.5 Å². The van der Waals surface area contributed by atoms with Crippen LogP contribution in [0.5, 0.6) is 5.75 Å². The maximum absolute atomic E-state index is 12.3. The molecule has 1 aliphatic rings. The minimum Gasteiger partial charge on any atom is -0.491 e. The zero-order valence-electron chi connectivity index (χ0n) is 22.2. The predicted octanol–water partition coefficient (Wildman–Crippen LogP) is 5.13. The molecule has 0 saturated heterocycles. The van der Waals surface area contributed by atoms with E-state index in [0.717, 1.165) is 54.6 Å². The number of hydrogen-bond donors (Lipinski definition) is 1. The number of esters is 1. The molecule has 9 heteroatoms. The van der Waals surface area contributed by atoms with Gasteiger partial charge in [-0.1, -0.05) is 52.2 Å². The maximum atomic E-state index is 12.3. The van der Waals surface area contributed by atoms with Gasteiger partial charge in [0.05, 0.1) is 31.6 Å². The van der Waals surface area contributed by atoms with Crippen molar-refractivity contribution in [2.45, 2.75) is 72.4 Å². The lowest BCUT2D eigenvalue weighted by Crippen LogP contribution is -2.24. The van der Waals surface area contributed by atoms with E-state index in [4.69, 9.17) is 9.84 Å².